The van der Waals surface area contributed by atoms with Gasteiger partial charge in [-0.25, -0.2) is 9.59 Å². The van der Waals surface area contributed by atoms with E-state index >= 15 is 0 Å². The Morgan fingerprint density at radius 1 is 0.800 bits per heavy atom. The first-order valence-electron chi connectivity index (χ1n) is 17.7. The molecule has 2 aliphatic rings. The Balaban J connectivity index is 1.19. The fraction of sp³-hybridized carbons (Fsp3) is 0.450. The molecule has 3 aromatic rings. The van der Waals surface area contributed by atoms with Crippen molar-refractivity contribution in [3.8, 4) is 0 Å². The van der Waals surface area contributed by atoms with Crippen molar-refractivity contribution < 1.29 is 28.7 Å². The Hall–Kier alpha value is -4.86. The van der Waals surface area contributed by atoms with E-state index in [1.165, 1.54) is 0 Å². The molecule has 10 nitrogen and oxygen atoms in total. The minimum atomic E-state index is -1.01. The summed E-state index contributed by atoms with van der Waals surface area (Å²) in [6.07, 6.45) is 2.69. The fourth-order valence-electron chi connectivity index (χ4n) is 6.83. The van der Waals surface area contributed by atoms with Crippen LogP contribution in [0.3, 0.4) is 0 Å². The van der Waals surface area contributed by atoms with Crippen molar-refractivity contribution in [1.29, 1.82) is 0 Å². The zero-order chi connectivity index (χ0) is 35.5. The van der Waals surface area contributed by atoms with Crippen molar-refractivity contribution in [2.45, 2.75) is 83.1 Å². The van der Waals surface area contributed by atoms with Crippen LogP contribution in [0.25, 0.3) is 0 Å². The maximum Gasteiger partial charge on any atom is 0.410 e. The van der Waals surface area contributed by atoms with Gasteiger partial charge in [-0.2, -0.15) is 0 Å². The number of nitrogens with zero attached hydrogens (tertiary/aromatic N) is 2. The van der Waals surface area contributed by atoms with Crippen molar-refractivity contribution in [3.63, 3.8) is 0 Å². The summed E-state index contributed by atoms with van der Waals surface area (Å²) in [4.78, 5) is 57.2. The first-order valence-corrected chi connectivity index (χ1v) is 17.7. The largest absolute Gasteiger partial charge is 0.445 e. The van der Waals surface area contributed by atoms with E-state index in [1.807, 2.05) is 91.0 Å². The van der Waals surface area contributed by atoms with Crippen LogP contribution in [0, 0.1) is 5.92 Å². The van der Waals surface area contributed by atoms with Gasteiger partial charge in [0.1, 0.15) is 24.3 Å². The Kier molecular flexibility index (Phi) is 12.5. The quantitative estimate of drug-likeness (QED) is 0.247. The van der Waals surface area contributed by atoms with Crippen LogP contribution in [0.5, 0.6) is 0 Å². The molecule has 3 aromatic carbocycles. The van der Waals surface area contributed by atoms with Gasteiger partial charge >= 0.3 is 12.2 Å². The number of hydrogen-bond acceptors (Lipinski definition) is 6. The molecule has 266 valence electrons. The Morgan fingerprint density at radius 2 is 1.38 bits per heavy atom. The van der Waals surface area contributed by atoms with E-state index in [4.69, 9.17) is 9.47 Å². The van der Waals surface area contributed by atoms with E-state index < -0.39 is 29.7 Å². The van der Waals surface area contributed by atoms with E-state index in [9.17, 15) is 19.2 Å². The molecule has 0 unspecified atom stereocenters. The Morgan fingerprint density at radius 3 is 1.96 bits per heavy atom. The predicted molar refractivity (Wildman–Crippen MR) is 191 cm³/mol. The molecule has 2 N–H and O–H groups in total. The summed E-state index contributed by atoms with van der Waals surface area (Å²) < 4.78 is 11.1. The third kappa shape index (κ3) is 10.1. The zero-order valence-corrected chi connectivity index (χ0v) is 29.4. The molecule has 2 heterocycles. The number of nitrogens with one attached hydrogen (secondary N) is 2. The number of benzene rings is 3. The van der Waals surface area contributed by atoms with Gasteiger partial charge in [0, 0.05) is 32.1 Å². The standard InChI is InChI=1S/C40H50N4O6/c1-40(2,3)50-38(47)42-35(34(31-16-9-5-10-17-31)32-18-11-6-12-19-32)37(46)44-25-13-20-33(44)36(45)41-24-21-29-22-26-43(27-23-29)39(48)49-28-30-14-7-4-8-15-30/h4-12,14-19,29,33-35H,13,20-28H2,1-3H3,(H,41,45)(H,42,47)/t33-,35+/m0/s1. The van der Waals surface area contributed by atoms with Gasteiger partial charge in [0.2, 0.25) is 11.8 Å². The lowest BCUT2D eigenvalue weighted by Gasteiger charge is -2.34. The zero-order valence-electron chi connectivity index (χ0n) is 29.4. The van der Waals surface area contributed by atoms with Crippen molar-refractivity contribution in [2.75, 3.05) is 26.2 Å². The molecule has 50 heavy (non-hydrogen) atoms. The van der Waals surface area contributed by atoms with E-state index in [0.29, 0.717) is 44.9 Å². The number of alkyl carbamates (subject to hydrolysis) is 1. The first kappa shape index (κ1) is 36.4. The van der Waals surface area contributed by atoms with E-state index in [2.05, 4.69) is 10.6 Å². The summed E-state index contributed by atoms with van der Waals surface area (Å²) in [6, 6.07) is 27.2. The number of carbonyl (C=O) groups is 4. The highest BCUT2D eigenvalue weighted by Gasteiger charge is 2.42. The van der Waals surface area contributed by atoms with Crippen molar-refractivity contribution >= 4 is 24.0 Å². The third-order valence-electron chi connectivity index (χ3n) is 9.36. The summed E-state index contributed by atoms with van der Waals surface area (Å²) in [6.45, 7) is 7.72. The molecule has 0 spiro atoms. The van der Waals surface area contributed by atoms with E-state index in [0.717, 1.165) is 36.0 Å². The molecule has 10 heteroatoms. The molecule has 0 aromatic heterocycles. The molecule has 2 aliphatic heterocycles. The topological polar surface area (TPSA) is 117 Å². The number of amides is 4. The second-order valence-electron chi connectivity index (χ2n) is 14.2. The number of rotatable bonds is 11. The van der Waals surface area contributed by atoms with Gasteiger partial charge in [0.25, 0.3) is 0 Å². The molecule has 0 bridgehead atoms. The van der Waals surface area contributed by atoms with Crippen LogP contribution in [0.1, 0.15) is 75.5 Å². The molecular weight excluding hydrogens is 632 g/mol. The van der Waals surface area contributed by atoms with Crippen molar-refractivity contribution in [2.24, 2.45) is 5.92 Å². The Labute approximate surface area is 295 Å². The lowest BCUT2D eigenvalue weighted by atomic mass is 9.84. The average molecular weight is 683 g/mol. The average Bonchev–Trinajstić information content (AvgIpc) is 3.61. The molecule has 2 saturated heterocycles. The summed E-state index contributed by atoms with van der Waals surface area (Å²) in [5.74, 6) is -0.652. The number of piperidine rings is 1. The SMILES string of the molecule is CC(C)(C)OC(=O)N[C@@H](C(=O)N1CCC[C@H]1C(=O)NCCC1CCN(C(=O)OCc2ccccc2)CC1)C(c1ccccc1)c1ccccc1. The minimum Gasteiger partial charge on any atom is -0.445 e. The highest BCUT2D eigenvalue weighted by Crippen LogP contribution is 2.31. The molecular formula is C40H50N4O6. The smallest absolute Gasteiger partial charge is 0.410 e. The van der Waals surface area contributed by atoms with Gasteiger partial charge in [-0.05, 0) is 75.5 Å². The molecule has 0 aliphatic carbocycles. The van der Waals surface area contributed by atoms with Crippen LogP contribution < -0.4 is 10.6 Å². The summed E-state index contributed by atoms with van der Waals surface area (Å²) >= 11 is 0. The van der Waals surface area contributed by atoms with Crippen LogP contribution in [0.2, 0.25) is 0 Å². The maximum atomic E-state index is 14.5. The number of ether oxygens (including phenoxy) is 2. The van der Waals surface area contributed by atoms with Gasteiger partial charge in [-0.1, -0.05) is 91.0 Å². The van der Waals surface area contributed by atoms with Gasteiger partial charge in [-0.15, -0.1) is 0 Å². The van der Waals surface area contributed by atoms with Crippen LogP contribution in [-0.2, 0) is 25.7 Å². The molecule has 2 atom stereocenters. The monoisotopic (exact) mass is 682 g/mol. The predicted octanol–water partition coefficient (Wildman–Crippen LogP) is 6.26. The number of hydrogen-bond donors (Lipinski definition) is 2. The van der Waals surface area contributed by atoms with Crippen molar-refractivity contribution in [1.82, 2.24) is 20.4 Å². The number of carbonyl (C=O) groups excluding carboxylic acids is 4. The van der Waals surface area contributed by atoms with Gasteiger partial charge in [0.15, 0.2) is 0 Å². The maximum absolute atomic E-state index is 14.5. The van der Waals surface area contributed by atoms with Gasteiger partial charge in [-0.3, -0.25) is 9.59 Å². The normalized spacial score (nSPS) is 17.2. The van der Waals surface area contributed by atoms with Crippen LogP contribution in [0.4, 0.5) is 9.59 Å². The fourth-order valence-corrected chi connectivity index (χ4v) is 6.83. The van der Waals surface area contributed by atoms with Gasteiger partial charge < -0.3 is 29.9 Å². The minimum absolute atomic E-state index is 0.190. The van der Waals surface area contributed by atoms with Crippen LogP contribution in [0.15, 0.2) is 91.0 Å². The molecule has 5 rings (SSSR count). The summed E-state index contributed by atoms with van der Waals surface area (Å²) in [5.41, 5.74) is 1.93. The first-order chi connectivity index (χ1) is 24.1. The second kappa shape index (κ2) is 17.2. The van der Waals surface area contributed by atoms with E-state index in [1.54, 1.807) is 30.6 Å². The lowest BCUT2D eigenvalue weighted by molar-refractivity contribution is -0.140. The molecule has 0 saturated carbocycles. The molecule has 2 fully saturated rings. The van der Waals surface area contributed by atoms with Gasteiger partial charge in [0.05, 0.1) is 0 Å². The Bertz CT molecular complexity index is 1520. The molecule has 0 radical (unpaired) electrons. The molecule has 4 amide bonds. The van der Waals surface area contributed by atoms with E-state index in [-0.39, 0.29) is 24.5 Å². The van der Waals surface area contributed by atoms with Crippen LogP contribution in [-0.4, -0.2) is 77.7 Å². The van der Waals surface area contributed by atoms with Crippen LogP contribution >= 0.6 is 0 Å². The second-order valence-corrected chi connectivity index (χ2v) is 14.2. The summed E-state index contributed by atoms with van der Waals surface area (Å²) in [5, 5.41) is 5.98. The highest BCUT2D eigenvalue weighted by atomic mass is 16.6. The summed E-state index contributed by atoms with van der Waals surface area (Å²) in [7, 11) is 0. The third-order valence-corrected chi connectivity index (χ3v) is 9.36. The lowest BCUT2D eigenvalue weighted by Crippen LogP contribution is -2.56. The van der Waals surface area contributed by atoms with Crippen molar-refractivity contribution in [3.05, 3.63) is 108 Å². The number of likely N-dealkylation sites (tertiary alicyclic amines) is 2. The highest BCUT2D eigenvalue weighted by molar-refractivity contribution is 5.93.